The molecule has 1 fully saturated rings. The van der Waals surface area contributed by atoms with E-state index < -0.39 is 0 Å². The van der Waals surface area contributed by atoms with Crippen molar-refractivity contribution in [3.8, 4) is 5.75 Å². The molecule has 1 N–H and O–H groups in total. The number of hydrogen-bond acceptors (Lipinski definition) is 3. The number of carbonyl (C=O) groups excluding carboxylic acids is 2. The highest BCUT2D eigenvalue weighted by atomic mass is 16.5. The minimum Gasteiger partial charge on any atom is -0.483 e. The highest BCUT2D eigenvalue weighted by Gasteiger charge is 2.21. The normalized spacial score (nSPS) is 17.2. The molecule has 1 aromatic carbocycles. The van der Waals surface area contributed by atoms with E-state index in [9.17, 15) is 9.59 Å². The van der Waals surface area contributed by atoms with Gasteiger partial charge in [0.25, 0.3) is 11.8 Å². The quantitative estimate of drug-likeness (QED) is 0.745. The Bertz CT molecular complexity index is 678. The number of nitrogens with zero attached hydrogens (tertiary/aromatic N) is 1. The summed E-state index contributed by atoms with van der Waals surface area (Å²) in [7, 11) is 0. The Labute approximate surface area is 161 Å². The van der Waals surface area contributed by atoms with Crippen LogP contribution < -0.4 is 10.1 Å². The van der Waals surface area contributed by atoms with Gasteiger partial charge < -0.3 is 15.0 Å². The van der Waals surface area contributed by atoms with Crippen molar-refractivity contribution in [1.82, 2.24) is 10.2 Å². The molecule has 0 saturated carbocycles. The molecular formula is C22H30N2O3. The fourth-order valence-electron chi connectivity index (χ4n) is 3.73. The second kappa shape index (κ2) is 10.1. The minimum absolute atomic E-state index is 0.00468. The van der Waals surface area contributed by atoms with E-state index in [1.54, 1.807) is 12.1 Å². The lowest BCUT2D eigenvalue weighted by Crippen LogP contribution is -2.36. The summed E-state index contributed by atoms with van der Waals surface area (Å²) in [6, 6.07) is 7.20. The number of rotatable bonds is 7. The molecule has 1 aromatic rings. The molecule has 1 aliphatic heterocycles. The van der Waals surface area contributed by atoms with Crippen LogP contribution in [0.4, 0.5) is 0 Å². The number of nitrogens with one attached hydrogen (secondary N) is 1. The van der Waals surface area contributed by atoms with Gasteiger partial charge in [-0.15, -0.1) is 0 Å². The van der Waals surface area contributed by atoms with E-state index in [4.69, 9.17) is 4.74 Å². The molecule has 0 unspecified atom stereocenters. The van der Waals surface area contributed by atoms with Crippen molar-refractivity contribution >= 4 is 11.8 Å². The molecule has 5 nitrogen and oxygen atoms in total. The Kier molecular flexibility index (Phi) is 7.31. The molecule has 0 atom stereocenters. The first-order valence-corrected chi connectivity index (χ1v) is 10.2. The number of likely N-dealkylation sites (tertiary alicyclic amines) is 1. The molecule has 1 saturated heterocycles. The molecule has 0 bridgehead atoms. The average Bonchev–Trinajstić information content (AvgIpc) is 2.73. The molecule has 2 aliphatic rings. The summed E-state index contributed by atoms with van der Waals surface area (Å²) in [5, 5.41) is 2.91. The Morgan fingerprint density at radius 3 is 2.63 bits per heavy atom. The Balaban J connectivity index is 1.48. The molecule has 146 valence electrons. The fourth-order valence-corrected chi connectivity index (χ4v) is 3.73. The van der Waals surface area contributed by atoms with E-state index in [2.05, 4.69) is 11.4 Å². The second-order valence-electron chi connectivity index (χ2n) is 7.35. The van der Waals surface area contributed by atoms with Crippen molar-refractivity contribution in [2.24, 2.45) is 0 Å². The van der Waals surface area contributed by atoms with Crippen molar-refractivity contribution in [2.45, 2.75) is 51.4 Å². The zero-order chi connectivity index (χ0) is 18.9. The molecule has 5 heteroatoms. The standard InChI is InChI=1S/C22H30N2O3/c25-21(23-14-13-18-9-3-1-4-10-18)17-27-20-12-6-5-11-19(20)22(26)24-15-7-2-8-16-24/h5-6,9,11-12H,1-4,7-8,10,13-17H2,(H,23,25). The maximum absolute atomic E-state index is 12.8. The number of piperidine rings is 1. The number of amides is 2. The lowest BCUT2D eigenvalue weighted by molar-refractivity contribution is -0.123. The van der Waals surface area contributed by atoms with Crippen LogP contribution in [0.2, 0.25) is 0 Å². The van der Waals surface area contributed by atoms with Crippen LogP contribution in [-0.2, 0) is 4.79 Å². The molecule has 0 spiro atoms. The van der Waals surface area contributed by atoms with Crippen molar-refractivity contribution in [1.29, 1.82) is 0 Å². The monoisotopic (exact) mass is 370 g/mol. The Morgan fingerprint density at radius 2 is 1.85 bits per heavy atom. The first-order chi connectivity index (χ1) is 13.2. The van der Waals surface area contributed by atoms with E-state index in [-0.39, 0.29) is 18.4 Å². The number of ether oxygens (including phenoxy) is 1. The van der Waals surface area contributed by atoms with Gasteiger partial charge in [0.1, 0.15) is 5.75 Å². The average molecular weight is 370 g/mol. The second-order valence-corrected chi connectivity index (χ2v) is 7.35. The van der Waals surface area contributed by atoms with Gasteiger partial charge in [0.15, 0.2) is 6.61 Å². The van der Waals surface area contributed by atoms with Crippen molar-refractivity contribution < 1.29 is 14.3 Å². The molecule has 0 aromatic heterocycles. The Hall–Kier alpha value is -2.30. The third kappa shape index (κ3) is 5.84. The largest absolute Gasteiger partial charge is 0.483 e. The summed E-state index contributed by atoms with van der Waals surface area (Å²) in [6.45, 7) is 2.17. The first kappa shape index (κ1) is 19.5. The van der Waals surface area contributed by atoms with Gasteiger partial charge in [0, 0.05) is 19.6 Å². The molecule has 1 aliphatic carbocycles. The predicted octanol–water partition coefficient (Wildman–Crippen LogP) is 3.70. The van der Waals surface area contributed by atoms with Gasteiger partial charge in [-0.3, -0.25) is 9.59 Å². The maximum Gasteiger partial charge on any atom is 0.257 e. The fraction of sp³-hybridized carbons (Fsp3) is 0.545. The van der Waals surface area contributed by atoms with E-state index in [0.717, 1.165) is 45.2 Å². The summed E-state index contributed by atoms with van der Waals surface area (Å²) in [5.74, 6) is 0.333. The van der Waals surface area contributed by atoms with Crippen LogP contribution in [0, 0.1) is 0 Å². The Morgan fingerprint density at radius 1 is 1.04 bits per heavy atom. The van der Waals surface area contributed by atoms with Gasteiger partial charge in [0.2, 0.25) is 0 Å². The number of benzene rings is 1. The van der Waals surface area contributed by atoms with Crippen molar-refractivity contribution in [2.75, 3.05) is 26.2 Å². The summed E-state index contributed by atoms with van der Waals surface area (Å²) >= 11 is 0. The number of hydrogen-bond donors (Lipinski definition) is 1. The summed E-state index contributed by atoms with van der Waals surface area (Å²) in [6.07, 6.45) is 11.3. The van der Waals surface area contributed by atoms with E-state index in [1.165, 1.54) is 24.8 Å². The van der Waals surface area contributed by atoms with Crippen LogP contribution in [0.25, 0.3) is 0 Å². The molecule has 0 radical (unpaired) electrons. The first-order valence-electron chi connectivity index (χ1n) is 10.2. The molecule has 3 rings (SSSR count). The summed E-state index contributed by atoms with van der Waals surface area (Å²) in [5.41, 5.74) is 1.99. The zero-order valence-electron chi connectivity index (χ0n) is 16.0. The molecule has 1 heterocycles. The summed E-state index contributed by atoms with van der Waals surface area (Å²) < 4.78 is 5.68. The van der Waals surface area contributed by atoms with Gasteiger partial charge in [-0.1, -0.05) is 23.8 Å². The highest BCUT2D eigenvalue weighted by Crippen LogP contribution is 2.22. The van der Waals surface area contributed by atoms with E-state index >= 15 is 0 Å². The van der Waals surface area contributed by atoms with Crippen molar-refractivity contribution in [3.05, 3.63) is 41.5 Å². The third-order valence-corrected chi connectivity index (χ3v) is 5.27. The van der Waals surface area contributed by atoms with E-state index in [1.807, 2.05) is 17.0 Å². The van der Waals surface area contributed by atoms with Gasteiger partial charge in [-0.05, 0) is 63.5 Å². The van der Waals surface area contributed by atoms with Crippen LogP contribution in [0.15, 0.2) is 35.9 Å². The smallest absolute Gasteiger partial charge is 0.257 e. The molecular weight excluding hydrogens is 340 g/mol. The molecule has 27 heavy (non-hydrogen) atoms. The minimum atomic E-state index is -0.147. The third-order valence-electron chi connectivity index (χ3n) is 5.27. The SMILES string of the molecule is O=C(COc1ccccc1C(=O)N1CCCCC1)NCCC1=CCCCC1. The van der Waals surface area contributed by atoms with Crippen LogP contribution in [0.3, 0.4) is 0 Å². The van der Waals surface area contributed by atoms with Gasteiger partial charge in [-0.2, -0.15) is 0 Å². The number of allylic oxidation sites excluding steroid dienone is 1. The topological polar surface area (TPSA) is 58.6 Å². The van der Waals surface area contributed by atoms with Gasteiger partial charge in [0.05, 0.1) is 5.56 Å². The number of para-hydroxylation sites is 1. The van der Waals surface area contributed by atoms with Crippen LogP contribution in [0.5, 0.6) is 5.75 Å². The van der Waals surface area contributed by atoms with Gasteiger partial charge in [-0.25, -0.2) is 0 Å². The lowest BCUT2D eigenvalue weighted by Gasteiger charge is -2.27. The zero-order valence-corrected chi connectivity index (χ0v) is 16.0. The van der Waals surface area contributed by atoms with E-state index in [0.29, 0.717) is 17.9 Å². The van der Waals surface area contributed by atoms with Crippen LogP contribution in [0.1, 0.15) is 61.7 Å². The lowest BCUT2D eigenvalue weighted by atomic mass is 9.97. The number of carbonyl (C=O) groups is 2. The van der Waals surface area contributed by atoms with Crippen LogP contribution in [-0.4, -0.2) is 43.0 Å². The van der Waals surface area contributed by atoms with Crippen LogP contribution >= 0.6 is 0 Å². The highest BCUT2D eigenvalue weighted by molar-refractivity contribution is 5.97. The molecule has 2 amide bonds. The maximum atomic E-state index is 12.8. The van der Waals surface area contributed by atoms with Gasteiger partial charge >= 0.3 is 0 Å². The predicted molar refractivity (Wildman–Crippen MR) is 106 cm³/mol. The summed E-state index contributed by atoms with van der Waals surface area (Å²) in [4.78, 5) is 26.7. The van der Waals surface area contributed by atoms with Crippen molar-refractivity contribution in [3.63, 3.8) is 0 Å².